The van der Waals surface area contributed by atoms with Gasteiger partial charge in [-0.1, -0.05) is 35.9 Å². The second-order valence-corrected chi connectivity index (χ2v) is 9.21. The van der Waals surface area contributed by atoms with Crippen LogP contribution in [0.2, 0.25) is 5.02 Å². The number of amides is 1. The summed E-state index contributed by atoms with van der Waals surface area (Å²) in [4.78, 5) is 12.6. The van der Waals surface area contributed by atoms with Crippen molar-refractivity contribution in [3.05, 3.63) is 88.7 Å². The molecule has 0 atom stereocenters. The fraction of sp³-hybridized carbons (Fsp3) is 0.136. The van der Waals surface area contributed by atoms with Crippen LogP contribution >= 0.6 is 11.6 Å². The molecule has 1 heterocycles. The summed E-state index contributed by atoms with van der Waals surface area (Å²) in [5.74, 6) is -1.29. The Bertz CT molecular complexity index is 1230. The van der Waals surface area contributed by atoms with Crippen molar-refractivity contribution in [2.24, 2.45) is 0 Å². The van der Waals surface area contributed by atoms with Crippen molar-refractivity contribution in [3.8, 4) is 0 Å². The first-order valence-electron chi connectivity index (χ1n) is 9.33. The zero-order valence-corrected chi connectivity index (χ0v) is 17.4. The summed E-state index contributed by atoms with van der Waals surface area (Å²) in [5, 5.41) is 2.66. The normalized spacial score (nSPS) is 13.6. The maximum atomic E-state index is 14.0. The van der Waals surface area contributed by atoms with Crippen LogP contribution in [0.15, 0.2) is 71.6 Å². The third-order valence-electron chi connectivity index (χ3n) is 4.93. The van der Waals surface area contributed by atoms with Crippen molar-refractivity contribution < 1.29 is 17.6 Å². The average molecular weight is 445 g/mol. The van der Waals surface area contributed by atoms with Crippen LogP contribution in [0.5, 0.6) is 0 Å². The van der Waals surface area contributed by atoms with Gasteiger partial charge in [-0.05, 0) is 60.9 Å². The zero-order chi connectivity index (χ0) is 21.3. The van der Waals surface area contributed by atoms with E-state index < -0.39 is 21.7 Å². The molecule has 0 aromatic heterocycles. The molecule has 0 saturated heterocycles. The highest BCUT2D eigenvalue weighted by atomic mass is 35.5. The third-order valence-corrected chi connectivity index (χ3v) is 6.98. The van der Waals surface area contributed by atoms with E-state index in [9.17, 15) is 17.6 Å². The van der Waals surface area contributed by atoms with E-state index in [1.807, 2.05) is 12.1 Å². The van der Waals surface area contributed by atoms with Crippen molar-refractivity contribution in [3.63, 3.8) is 0 Å². The molecule has 8 heteroatoms. The smallest absolute Gasteiger partial charge is 0.264 e. The van der Waals surface area contributed by atoms with Gasteiger partial charge in [0.25, 0.3) is 15.9 Å². The van der Waals surface area contributed by atoms with Crippen LogP contribution in [0.25, 0.3) is 0 Å². The number of nitrogens with zero attached hydrogens (tertiary/aromatic N) is 1. The van der Waals surface area contributed by atoms with Gasteiger partial charge in [0.2, 0.25) is 0 Å². The molecule has 0 unspecified atom stereocenters. The van der Waals surface area contributed by atoms with Gasteiger partial charge in [0.05, 0.1) is 16.3 Å². The van der Waals surface area contributed by atoms with E-state index in [0.29, 0.717) is 18.7 Å². The number of benzene rings is 3. The summed E-state index contributed by atoms with van der Waals surface area (Å²) < 4.78 is 41.9. The number of hydrogen-bond donors (Lipinski definition) is 1. The van der Waals surface area contributed by atoms with E-state index in [2.05, 4.69) is 5.32 Å². The van der Waals surface area contributed by atoms with Crippen LogP contribution in [0, 0.1) is 5.82 Å². The Labute approximate surface area is 179 Å². The lowest BCUT2D eigenvalue weighted by atomic mass is 10.0. The van der Waals surface area contributed by atoms with E-state index in [-0.39, 0.29) is 21.2 Å². The van der Waals surface area contributed by atoms with Crippen LogP contribution in [0.4, 0.5) is 15.8 Å². The molecular formula is C22H18ClFN2O3S. The molecule has 30 heavy (non-hydrogen) atoms. The van der Waals surface area contributed by atoms with Crippen LogP contribution in [-0.4, -0.2) is 20.9 Å². The minimum absolute atomic E-state index is 0.00318. The number of anilines is 2. The van der Waals surface area contributed by atoms with Crippen LogP contribution < -0.4 is 9.62 Å². The van der Waals surface area contributed by atoms with Crippen LogP contribution in [-0.2, 0) is 16.4 Å². The number of fused-ring (bicyclic) bond motifs is 1. The maximum Gasteiger partial charge on any atom is 0.264 e. The molecule has 154 valence electrons. The second-order valence-electron chi connectivity index (χ2n) is 6.92. The summed E-state index contributed by atoms with van der Waals surface area (Å²) in [6, 6.07) is 17.0. The van der Waals surface area contributed by atoms with E-state index >= 15 is 0 Å². The first kappa shape index (κ1) is 20.4. The summed E-state index contributed by atoms with van der Waals surface area (Å²) in [7, 11) is -3.86. The van der Waals surface area contributed by atoms with Gasteiger partial charge in [-0.25, -0.2) is 12.8 Å². The predicted octanol–water partition coefficient (Wildman–Crippen LogP) is 4.87. The summed E-state index contributed by atoms with van der Waals surface area (Å²) >= 11 is 5.73. The molecule has 1 amide bonds. The van der Waals surface area contributed by atoms with Crippen LogP contribution in [0.3, 0.4) is 0 Å². The minimum Gasteiger partial charge on any atom is -0.319 e. The lowest BCUT2D eigenvalue weighted by Gasteiger charge is -2.30. The van der Waals surface area contributed by atoms with E-state index in [1.54, 1.807) is 12.1 Å². The van der Waals surface area contributed by atoms with Crippen molar-refractivity contribution >= 4 is 38.9 Å². The molecule has 0 saturated carbocycles. The van der Waals surface area contributed by atoms with Crippen molar-refractivity contribution in [1.29, 1.82) is 0 Å². The number of carbonyl (C=O) groups is 1. The van der Waals surface area contributed by atoms with Gasteiger partial charge in [0.15, 0.2) is 0 Å². The molecule has 0 radical (unpaired) electrons. The topological polar surface area (TPSA) is 66.5 Å². The lowest BCUT2D eigenvalue weighted by Crippen LogP contribution is -2.35. The van der Waals surface area contributed by atoms with Crippen molar-refractivity contribution in [2.75, 3.05) is 16.2 Å². The molecule has 0 aliphatic carbocycles. The average Bonchev–Trinajstić information content (AvgIpc) is 2.75. The fourth-order valence-electron chi connectivity index (χ4n) is 3.46. The standard InChI is InChI=1S/C22H18ClFN2O3S/c23-17-10-11-20(19(24)14-17)25-22(27)16-6-3-8-18(13-16)30(28,29)26-12-4-7-15-5-1-2-9-21(15)26/h1-3,5-6,8-11,13-14H,4,7,12H2,(H,25,27). The summed E-state index contributed by atoms with van der Waals surface area (Å²) in [5.41, 5.74) is 1.69. The molecule has 1 N–H and O–H groups in total. The second kappa shape index (κ2) is 8.08. The number of carbonyl (C=O) groups excluding carboxylic acids is 1. The molecule has 0 spiro atoms. The van der Waals surface area contributed by atoms with Gasteiger partial charge in [0, 0.05) is 17.1 Å². The van der Waals surface area contributed by atoms with Crippen molar-refractivity contribution in [2.45, 2.75) is 17.7 Å². The monoisotopic (exact) mass is 444 g/mol. The highest BCUT2D eigenvalue weighted by molar-refractivity contribution is 7.92. The minimum atomic E-state index is -3.86. The molecule has 1 aliphatic heterocycles. The van der Waals surface area contributed by atoms with E-state index in [4.69, 9.17) is 11.6 Å². The molecule has 3 aromatic rings. The summed E-state index contributed by atoms with van der Waals surface area (Å²) in [6.07, 6.45) is 1.53. The molecular weight excluding hydrogens is 427 g/mol. The summed E-state index contributed by atoms with van der Waals surface area (Å²) in [6.45, 7) is 0.367. The van der Waals surface area contributed by atoms with Crippen LogP contribution in [0.1, 0.15) is 22.3 Å². The van der Waals surface area contributed by atoms with Crippen molar-refractivity contribution in [1.82, 2.24) is 0 Å². The highest BCUT2D eigenvalue weighted by Gasteiger charge is 2.29. The number of aryl methyl sites for hydroxylation is 1. The number of sulfonamides is 1. The fourth-order valence-corrected chi connectivity index (χ4v) is 5.21. The molecule has 5 nitrogen and oxygen atoms in total. The molecule has 3 aromatic carbocycles. The lowest BCUT2D eigenvalue weighted by molar-refractivity contribution is 0.102. The number of rotatable bonds is 4. The molecule has 4 rings (SSSR count). The number of nitrogens with one attached hydrogen (secondary N) is 1. The molecule has 0 fully saturated rings. The van der Waals surface area contributed by atoms with Gasteiger partial charge < -0.3 is 5.32 Å². The number of halogens is 2. The largest absolute Gasteiger partial charge is 0.319 e. The maximum absolute atomic E-state index is 14.0. The molecule has 1 aliphatic rings. The van der Waals surface area contributed by atoms with E-state index in [1.165, 1.54) is 40.7 Å². The molecule has 0 bridgehead atoms. The SMILES string of the molecule is O=C(Nc1ccc(Cl)cc1F)c1cccc(S(=O)(=O)N2CCCc3ccccc32)c1. The quantitative estimate of drug-likeness (QED) is 0.624. The Hall–Kier alpha value is -2.90. The Morgan fingerprint density at radius 1 is 1.03 bits per heavy atom. The van der Waals surface area contributed by atoms with Gasteiger partial charge in [-0.3, -0.25) is 9.10 Å². The first-order valence-corrected chi connectivity index (χ1v) is 11.2. The zero-order valence-electron chi connectivity index (χ0n) is 15.8. The van der Waals surface area contributed by atoms with Gasteiger partial charge in [-0.2, -0.15) is 0 Å². The number of hydrogen-bond acceptors (Lipinski definition) is 3. The predicted molar refractivity (Wildman–Crippen MR) is 115 cm³/mol. The van der Waals surface area contributed by atoms with Gasteiger partial charge >= 0.3 is 0 Å². The Morgan fingerprint density at radius 2 is 1.83 bits per heavy atom. The highest BCUT2D eigenvalue weighted by Crippen LogP contribution is 2.32. The Balaban J connectivity index is 1.64. The first-order chi connectivity index (χ1) is 14.4. The van der Waals surface area contributed by atoms with Gasteiger partial charge in [0.1, 0.15) is 5.82 Å². The third kappa shape index (κ3) is 3.91. The van der Waals surface area contributed by atoms with Gasteiger partial charge in [-0.15, -0.1) is 0 Å². The Morgan fingerprint density at radius 3 is 2.63 bits per heavy atom. The Kier molecular flexibility index (Phi) is 5.49. The number of para-hydroxylation sites is 1. The van der Waals surface area contributed by atoms with E-state index in [0.717, 1.165) is 18.1 Å².